The fourth-order valence-corrected chi connectivity index (χ4v) is 1.84. The van der Waals surface area contributed by atoms with Crippen LogP contribution in [0.5, 0.6) is 0 Å². The first-order chi connectivity index (χ1) is 11.8. The Morgan fingerprint density at radius 1 is 0.640 bits per heavy atom. The minimum atomic E-state index is -0.991. The molecule has 0 saturated carbocycles. The molecule has 0 radical (unpaired) electrons. The number of carboxylic acids is 1. The van der Waals surface area contributed by atoms with Gasteiger partial charge in [-0.15, -0.1) is 0 Å². The number of hydrogen-bond donors (Lipinski definition) is 0. The van der Waals surface area contributed by atoms with Crippen LogP contribution in [0.2, 0.25) is 0 Å². The molecule has 0 amide bonds. The van der Waals surface area contributed by atoms with Gasteiger partial charge in [0.25, 0.3) is 0 Å². The average Bonchev–Trinajstić information content (AvgIpc) is 2.56. The van der Waals surface area contributed by atoms with Crippen molar-refractivity contribution in [3.63, 3.8) is 0 Å². The van der Waals surface area contributed by atoms with Gasteiger partial charge in [0.05, 0.1) is 0 Å². The molecule has 0 rings (SSSR count). The van der Waals surface area contributed by atoms with Gasteiger partial charge < -0.3 is 9.90 Å². The number of hydrogen-bond acceptors (Lipinski definition) is 2. The van der Waals surface area contributed by atoms with Crippen molar-refractivity contribution in [2.45, 2.75) is 58.3 Å². The third kappa shape index (κ3) is 25.3. The van der Waals surface area contributed by atoms with Crippen molar-refractivity contribution < 1.29 is 39.5 Å². The van der Waals surface area contributed by atoms with Crippen molar-refractivity contribution in [1.82, 2.24) is 0 Å². The van der Waals surface area contributed by atoms with Gasteiger partial charge in [0.15, 0.2) is 0 Å². The summed E-state index contributed by atoms with van der Waals surface area (Å²) in [5.41, 5.74) is 0. The van der Waals surface area contributed by atoms with Gasteiger partial charge in [0.1, 0.15) is 0 Å². The molecule has 132 valence electrons. The first-order valence-electron chi connectivity index (χ1n) is 8.87. The summed E-state index contributed by atoms with van der Waals surface area (Å²) in [6.07, 6.45) is 32.1. The molecule has 0 unspecified atom stereocenters. The Labute approximate surface area is 176 Å². The first kappa shape index (κ1) is 26.1. The number of carbonyl (C=O) groups is 1. The van der Waals surface area contributed by atoms with Gasteiger partial charge in [0, 0.05) is 5.97 Å². The van der Waals surface area contributed by atoms with E-state index in [0.29, 0.717) is 6.42 Å². The summed E-state index contributed by atoms with van der Waals surface area (Å²) >= 11 is 0. The molecule has 0 aliphatic carbocycles. The monoisotopic (exact) mass is 350 g/mol. The molecule has 0 N–H and O–H groups in total. The van der Waals surface area contributed by atoms with E-state index in [-0.39, 0.29) is 36.0 Å². The summed E-state index contributed by atoms with van der Waals surface area (Å²) in [7, 11) is 0. The summed E-state index contributed by atoms with van der Waals surface area (Å²) in [5.74, 6) is -0.991. The molecular formula is C22H31NaO2. The molecule has 0 aromatic rings. The quantitative estimate of drug-likeness (QED) is 0.356. The van der Waals surface area contributed by atoms with Crippen molar-refractivity contribution in [3.8, 4) is 0 Å². The second kappa shape index (κ2) is 22.9. The predicted octanol–water partition coefficient (Wildman–Crippen LogP) is 2.22. The zero-order valence-corrected chi connectivity index (χ0v) is 17.9. The van der Waals surface area contributed by atoms with Crippen LogP contribution in [0.3, 0.4) is 0 Å². The van der Waals surface area contributed by atoms with E-state index in [9.17, 15) is 9.90 Å². The molecular weight excluding hydrogens is 319 g/mol. The molecule has 0 saturated heterocycles. The Kier molecular flexibility index (Phi) is 24.0. The predicted molar refractivity (Wildman–Crippen MR) is 102 cm³/mol. The molecule has 0 atom stereocenters. The van der Waals surface area contributed by atoms with E-state index < -0.39 is 5.97 Å². The molecule has 0 aliphatic rings. The Bertz CT molecular complexity index is 468. The topological polar surface area (TPSA) is 40.1 Å². The van der Waals surface area contributed by atoms with Crippen LogP contribution in [0.25, 0.3) is 0 Å². The molecule has 0 fully saturated rings. The van der Waals surface area contributed by atoms with Gasteiger partial charge in [-0.25, -0.2) is 0 Å². The third-order valence-electron chi connectivity index (χ3n) is 3.11. The first-order valence-corrected chi connectivity index (χ1v) is 8.87. The van der Waals surface area contributed by atoms with Crippen LogP contribution in [0.15, 0.2) is 72.9 Å². The molecule has 0 bridgehead atoms. The summed E-state index contributed by atoms with van der Waals surface area (Å²) < 4.78 is 0. The van der Waals surface area contributed by atoms with Crippen molar-refractivity contribution >= 4 is 5.97 Å². The SMILES string of the molecule is CC/C=C/C/C=C/C/C=C/C/C=C/C/C=C\C/C=C/CCC(=O)[O-].[Na+]. The van der Waals surface area contributed by atoms with Crippen molar-refractivity contribution in [1.29, 1.82) is 0 Å². The van der Waals surface area contributed by atoms with E-state index in [4.69, 9.17) is 0 Å². The average molecular weight is 350 g/mol. The zero-order valence-electron chi connectivity index (χ0n) is 15.9. The summed E-state index contributed by atoms with van der Waals surface area (Å²) in [4.78, 5) is 10.2. The number of carbonyl (C=O) groups excluding carboxylic acids is 1. The third-order valence-corrected chi connectivity index (χ3v) is 3.11. The number of allylic oxidation sites excluding steroid dienone is 12. The van der Waals surface area contributed by atoms with Gasteiger partial charge >= 0.3 is 29.6 Å². The number of rotatable bonds is 14. The smallest absolute Gasteiger partial charge is 0.550 e. The van der Waals surface area contributed by atoms with E-state index in [1.165, 1.54) is 0 Å². The van der Waals surface area contributed by atoms with Crippen LogP contribution in [0, 0.1) is 0 Å². The Hall–Kier alpha value is -1.09. The number of aliphatic carboxylic acids is 1. The maximum absolute atomic E-state index is 10.2. The molecule has 3 heteroatoms. The van der Waals surface area contributed by atoms with E-state index in [1.54, 1.807) is 0 Å². The molecule has 0 aromatic carbocycles. The second-order valence-corrected chi connectivity index (χ2v) is 5.33. The normalized spacial score (nSPS) is 12.5. The Balaban J connectivity index is 0. The minimum absolute atomic E-state index is 0. The fourth-order valence-electron chi connectivity index (χ4n) is 1.84. The molecule has 2 nitrogen and oxygen atoms in total. The van der Waals surface area contributed by atoms with Crippen LogP contribution in [0.4, 0.5) is 0 Å². The van der Waals surface area contributed by atoms with Crippen molar-refractivity contribution in [2.75, 3.05) is 0 Å². The van der Waals surface area contributed by atoms with Gasteiger partial charge in [-0.2, -0.15) is 0 Å². The molecule has 0 aromatic heterocycles. The van der Waals surface area contributed by atoms with Crippen LogP contribution in [0.1, 0.15) is 58.3 Å². The van der Waals surface area contributed by atoms with E-state index in [0.717, 1.165) is 38.5 Å². The van der Waals surface area contributed by atoms with Crippen LogP contribution < -0.4 is 34.7 Å². The van der Waals surface area contributed by atoms with E-state index in [2.05, 4.69) is 67.7 Å². The minimum Gasteiger partial charge on any atom is -0.550 e. The van der Waals surface area contributed by atoms with Gasteiger partial charge in [-0.3, -0.25) is 0 Å². The van der Waals surface area contributed by atoms with Crippen LogP contribution in [-0.2, 0) is 4.79 Å². The van der Waals surface area contributed by atoms with Crippen molar-refractivity contribution in [2.24, 2.45) is 0 Å². The number of carboxylic acid groups (broad SMARTS) is 1. The maximum atomic E-state index is 10.2. The molecule has 25 heavy (non-hydrogen) atoms. The zero-order chi connectivity index (χ0) is 17.7. The fraction of sp³-hybridized carbons (Fsp3) is 0.409. The van der Waals surface area contributed by atoms with Gasteiger partial charge in [-0.1, -0.05) is 79.8 Å². The van der Waals surface area contributed by atoms with Crippen LogP contribution in [-0.4, -0.2) is 5.97 Å². The van der Waals surface area contributed by atoms with Crippen molar-refractivity contribution in [3.05, 3.63) is 72.9 Å². The Morgan fingerprint density at radius 2 is 0.960 bits per heavy atom. The summed E-state index contributed by atoms with van der Waals surface area (Å²) in [6, 6.07) is 0. The van der Waals surface area contributed by atoms with Gasteiger partial charge in [-0.05, 0) is 51.4 Å². The summed E-state index contributed by atoms with van der Waals surface area (Å²) in [5, 5.41) is 10.2. The Morgan fingerprint density at radius 3 is 1.28 bits per heavy atom. The maximum Gasteiger partial charge on any atom is 1.00 e. The van der Waals surface area contributed by atoms with E-state index in [1.807, 2.05) is 12.2 Å². The van der Waals surface area contributed by atoms with E-state index >= 15 is 0 Å². The molecule has 0 aliphatic heterocycles. The van der Waals surface area contributed by atoms with Gasteiger partial charge in [0.2, 0.25) is 0 Å². The second-order valence-electron chi connectivity index (χ2n) is 5.33. The molecule has 0 spiro atoms. The van der Waals surface area contributed by atoms with Crippen LogP contribution >= 0.6 is 0 Å². The largest absolute Gasteiger partial charge is 1.00 e. The standard InChI is InChI=1S/C22H32O2.Na/c1-2-3-4-5-6-7-8-9-10-11-12-13-14-15-16-17-18-19-20-21-22(23)24;/h3-4,6-7,9-10,12-13,15-16,18-19H,2,5,8,11,14,17,20-21H2,1H3,(H,23,24);/q;+1/p-1/b4-3+,7-6+,10-9+,13-12+,16-15-,19-18+;. The summed E-state index contributed by atoms with van der Waals surface area (Å²) in [6.45, 7) is 2.15. The molecule has 0 heterocycles.